The van der Waals surface area contributed by atoms with Gasteiger partial charge < -0.3 is 0 Å². The van der Waals surface area contributed by atoms with Gasteiger partial charge in [0.15, 0.2) is 0 Å². The van der Waals surface area contributed by atoms with E-state index in [0.717, 1.165) is 19.5 Å². The van der Waals surface area contributed by atoms with Crippen molar-refractivity contribution in [2.24, 2.45) is 5.92 Å². The Balaban J connectivity index is 2.48. The van der Waals surface area contributed by atoms with Crippen LogP contribution in [0.15, 0.2) is 0 Å². The highest BCUT2D eigenvalue weighted by molar-refractivity contribution is 5.83. The Kier molecular flexibility index (Phi) is 3.91. The van der Waals surface area contributed by atoms with Crippen molar-refractivity contribution in [3.63, 3.8) is 0 Å². The van der Waals surface area contributed by atoms with Gasteiger partial charge in [-0.1, -0.05) is 20.8 Å². The van der Waals surface area contributed by atoms with E-state index in [4.69, 9.17) is 0 Å². The molecule has 0 aromatic carbocycles. The minimum absolute atomic E-state index is 0.243. The van der Waals surface area contributed by atoms with Crippen LogP contribution in [0.2, 0.25) is 0 Å². The average molecular weight is 183 g/mol. The number of nitrogens with zero attached hydrogens (tertiary/aromatic N) is 1. The lowest BCUT2D eigenvalue weighted by Gasteiger charge is -2.24. The summed E-state index contributed by atoms with van der Waals surface area (Å²) in [4.78, 5) is 13.9. The van der Waals surface area contributed by atoms with Crippen molar-refractivity contribution in [2.45, 2.75) is 46.1 Å². The maximum atomic E-state index is 11.6. The number of hydrogen-bond donors (Lipinski definition) is 0. The van der Waals surface area contributed by atoms with E-state index in [2.05, 4.69) is 18.7 Å². The maximum Gasteiger partial charge on any atom is 0.149 e. The molecule has 1 aliphatic rings. The predicted molar refractivity (Wildman–Crippen MR) is 54.7 cm³/mol. The van der Waals surface area contributed by atoms with E-state index in [-0.39, 0.29) is 6.04 Å². The first-order chi connectivity index (χ1) is 6.15. The highest BCUT2D eigenvalue weighted by Crippen LogP contribution is 2.20. The lowest BCUT2D eigenvalue weighted by Crippen LogP contribution is -2.37. The fourth-order valence-electron chi connectivity index (χ4n) is 2.11. The van der Waals surface area contributed by atoms with Gasteiger partial charge in [0.2, 0.25) is 0 Å². The number of likely N-dealkylation sites (tertiary alicyclic amines) is 1. The summed E-state index contributed by atoms with van der Waals surface area (Å²) < 4.78 is 0. The van der Waals surface area contributed by atoms with Crippen LogP contribution in [-0.2, 0) is 4.79 Å². The molecule has 0 bridgehead atoms. The normalized spacial score (nSPS) is 24.2. The van der Waals surface area contributed by atoms with Gasteiger partial charge in [0, 0.05) is 13.0 Å². The highest BCUT2D eigenvalue weighted by atomic mass is 16.1. The molecular weight excluding hydrogens is 162 g/mol. The predicted octanol–water partition coefficient (Wildman–Crippen LogP) is 2.09. The first-order valence-corrected chi connectivity index (χ1v) is 5.42. The van der Waals surface area contributed by atoms with Crippen LogP contribution < -0.4 is 0 Å². The number of rotatable bonds is 4. The van der Waals surface area contributed by atoms with E-state index >= 15 is 0 Å². The molecule has 76 valence electrons. The highest BCUT2D eigenvalue weighted by Gasteiger charge is 2.29. The fraction of sp³-hybridized carbons (Fsp3) is 0.909. The van der Waals surface area contributed by atoms with Crippen LogP contribution in [-0.4, -0.2) is 29.8 Å². The van der Waals surface area contributed by atoms with Gasteiger partial charge >= 0.3 is 0 Å². The molecule has 0 unspecified atom stereocenters. The zero-order valence-corrected chi connectivity index (χ0v) is 9.05. The molecule has 0 aliphatic carbocycles. The second-order valence-corrected chi connectivity index (χ2v) is 4.37. The molecule has 2 heteroatoms. The van der Waals surface area contributed by atoms with Gasteiger partial charge in [-0.25, -0.2) is 0 Å². The van der Waals surface area contributed by atoms with Gasteiger partial charge in [-0.05, 0) is 25.3 Å². The number of carbonyl (C=O) groups excluding carboxylic acids is 1. The second-order valence-electron chi connectivity index (χ2n) is 4.37. The van der Waals surface area contributed by atoms with E-state index in [9.17, 15) is 4.79 Å². The number of carbonyl (C=O) groups is 1. The Morgan fingerprint density at radius 1 is 1.54 bits per heavy atom. The third kappa shape index (κ3) is 2.80. The topological polar surface area (TPSA) is 20.3 Å². The fourth-order valence-corrected chi connectivity index (χ4v) is 2.11. The molecule has 0 amide bonds. The SMILES string of the molecule is CCC(=O)[C@H]1CCCN1CC(C)C. The summed E-state index contributed by atoms with van der Waals surface area (Å²) in [7, 11) is 0. The zero-order valence-electron chi connectivity index (χ0n) is 9.05. The van der Waals surface area contributed by atoms with E-state index in [1.807, 2.05) is 6.92 Å². The maximum absolute atomic E-state index is 11.6. The molecule has 0 N–H and O–H groups in total. The van der Waals surface area contributed by atoms with Crippen molar-refractivity contribution in [2.75, 3.05) is 13.1 Å². The average Bonchev–Trinajstić information content (AvgIpc) is 2.50. The smallest absolute Gasteiger partial charge is 0.149 e. The quantitative estimate of drug-likeness (QED) is 0.665. The second kappa shape index (κ2) is 4.75. The van der Waals surface area contributed by atoms with E-state index in [0.29, 0.717) is 18.1 Å². The number of hydrogen-bond acceptors (Lipinski definition) is 2. The van der Waals surface area contributed by atoms with Crippen LogP contribution in [0.25, 0.3) is 0 Å². The summed E-state index contributed by atoms with van der Waals surface area (Å²) >= 11 is 0. The van der Waals surface area contributed by atoms with Gasteiger partial charge in [-0.15, -0.1) is 0 Å². The summed E-state index contributed by atoms with van der Waals surface area (Å²) in [6.45, 7) is 8.59. The molecule has 13 heavy (non-hydrogen) atoms. The van der Waals surface area contributed by atoms with Crippen LogP contribution in [0.5, 0.6) is 0 Å². The van der Waals surface area contributed by atoms with Crippen molar-refractivity contribution in [3.05, 3.63) is 0 Å². The Morgan fingerprint density at radius 3 is 2.77 bits per heavy atom. The van der Waals surface area contributed by atoms with E-state index in [1.54, 1.807) is 0 Å². The third-order valence-electron chi connectivity index (χ3n) is 2.68. The Hall–Kier alpha value is -0.370. The largest absolute Gasteiger partial charge is 0.298 e. The molecule has 0 aromatic rings. The van der Waals surface area contributed by atoms with Gasteiger partial charge in [0.1, 0.15) is 5.78 Å². The Bertz CT molecular complexity index is 177. The lowest BCUT2D eigenvalue weighted by atomic mass is 10.1. The molecule has 0 aromatic heterocycles. The van der Waals surface area contributed by atoms with E-state index in [1.165, 1.54) is 6.42 Å². The van der Waals surface area contributed by atoms with Gasteiger partial charge in [0.25, 0.3) is 0 Å². The van der Waals surface area contributed by atoms with Crippen molar-refractivity contribution >= 4 is 5.78 Å². The molecule has 1 heterocycles. The van der Waals surface area contributed by atoms with Crippen molar-refractivity contribution in [1.82, 2.24) is 4.90 Å². The molecule has 0 radical (unpaired) electrons. The summed E-state index contributed by atoms with van der Waals surface area (Å²) in [6.07, 6.45) is 2.97. The van der Waals surface area contributed by atoms with Crippen molar-refractivity contribution < 1.29 is 4.79 Å². The number of Topliss-reactive ketones (excluding diaryl/α,β-unsaturated/α-hetero) is 1. The van der Waals surface area contributed by atoms with Crippen LogP contribution in [0.4, 0.5) is 0 Å². The molecule has 1 atom stereocenters. The van der Waals surface area contributed by atoms with Crippen molar-refractivity contribution in [3.8, 4) is 0 Å². The Morgan fingerprint density at radius 2 is 2.23 bits per heavy atom. The van der Waals surface area contributed by atoms with Crippen LogP contribution in [0.1, 0.15) is 40.0 Å². The third-order valence-corrected chi connectivity index (χ3v) is 2.68. The van der Waals surface area contributed by atoms with Crippen LogP contribution in [0, 0.1) is 5.92 Å². The molecular formula is C11H21NO. The van der Waals surface area contributed by atoms with Gasteiger partial charge in [-0.3, -0.25) is 9.69 Å². The molecule has 2 nitrogen and oxygen atoms in total. The van der Waals surface area contributed by atoms with Crippen molar-refractivity contribution in [1.29, 1.82) is 0 Å². The zero-order chi connectivity index (χ0) is 9.84. The molecule has 0 saturated carbocycles. The van der Waals surface area contributed by atoms with Crippen LogP contribution in [0.3, 0.4) is 0 Å². The van der Waals surface area contributed by atoms with Crippen LogP contribution >= 0.6 is 0 Å². The summed E-state index contributed by atoms with van der Waals surface area (Å²) in [5.74, 6) is 1.10. The van der Waals surface area contributed by atoms with Gasteiger partial charge in [0.05, 0.1) is 6.04 Å². The molecule has 1 rings (SSSR count). The first-order valence-electron chi connectivity index (χ1n) is 5.42. The standard InChI is InChI=1S/C11H21NO/c1-4-11(13)10-6-5-7-12(10)8-9(2)3/h9-10H,4-8H2,1-3H3/t10-/m1/s1. The lowest BCUT2D eigenvalue weighted by molar-refractivity contribution is -0.123. The minimum atomic E-state index is 0.243. The molecule has 1 aliphatic heterocycles. The molecule has 0 spiro atoms. The summed E-state index contributed by atoms with van der Waals surface area (Å²) in [6, 6.07) is 0.243. The van der Waals surface area contributed by atoms with Gasteiger partial charge in [-0.2, -0.15) is 0 Å². The minimum Gasteiger partial charge on any atom is -0.298 e. The summed E-state index contributed by atoms with van der Waals surface area (Å²) in [5.41, 5.74) is 0. The Labute approximate surface area is 81.3 Å². The summed E-state index contributed by atoms with van der Waals surface area (Å²) in [5, 5.41) is 0. The first kappa shape index (κ1) is 10.7. The number of ketones is 1. The molecule has 1 saturated heterocycles. The monoisotopic (exact) mass is 183 g/mol. The molecule has 1 fully saturated rings. The van der Waals surface area contributed by atoms with E-state index < -0.39 is 0 Å².